The fourth-order valence-electron chi connectivity index (χ4n) is 1.67. The van der Waals surface area contributed by atoms with Crippen LogP contribution in [0.25, 0.3) is 0 Å². The molecule has 0 aromatic carbocycles. The Morgan fingerprint density at radius 3 is 2.55 bits per heavy atom. The molecule has 0 aromatic heterocycles. The predicted molar refractivity (Wildman–Crippen MR) is 47.0 cm³/mol. The maximum absolute atomic E-state index is 10.8. The molecule has 3 atom stereocenters. The summed E-state index contributed by atoms with van der Waals surface area (Å²) in [6.07, 6.45) is 2.71. The number of rotatable bonds is 1. The summed E-state index contributed by atoms with van der Waals surface area (Å²) in [5.74, 6) is 0.405. The molecule has 64 valence electrons. The minimum absolute atomic E-state index is 0.0478. The summed E-state index contributed by atoms with van der Waals surface area (Å²) in [7, 11) is 0. The van der Waals surface area contributed by atoms with E-state index < -0.39 is 0 Å². The van der Waals surface area contributed by atoms with E-state index in [4.69, 9.17) is 23.2 Å². The van der Waals surface area contributed by atoms with Crippen molar-refractivity contribution in [2.75, 3.05) is 0 Å². The second kappa shape index (κ2) is 3.77. The number of hydrogen-bond acceptors (Lipinski definition) is 1. The predicted octanol–water partition coefficient (Wildman–Crippen LogP) is 2.80. The molecule has 1 aliphatic carbocycles. The molecule has 1 rings (SSSR count). The quantitative estimate of drug-likeness (QED) is 0.464. The Morgan fingerprint density at radius 1 is 1.45 bits per heavy atom. The number of alkyl halides is 1. The van der Waals surface area contributed by atoms with Crippen molar-refractivity contribution in [1.82, 2.24) is 0 Å². The van der Waals surface area contributed by atoms with Crippen LogP contribution in [0.5, 0.6) is 0 Å². The monoisotopic (exact) mass is 194 g/mol. The van der Waals surface area contributed by atoms with Crippen molar-refractivity contribution < 1.29 is 4.79 Å². The first-order chi connectivity index (χ1) is 5.11. The van der Waals surface area contributed by atoms with Gasteiger partial charge in [-0.2, -0.15) is 0 Å². The molecule has 0 N–H and O–H groups in total. The van der Waals surface area contributed by atoms with Gasteiger partial charge in [0.2, 0.25) is 5.24 Å². The van der Waals surface area contributed by atoms with Crippen molar-refractivity contribution in [2.45, 2.75) is 31.6 Å². The molecule has 3 heteroatoms. The van der Waals surface area contributed by atoms with Crippen molar-refractivity contribution in [2.24, 2.45) is 11.8 Å². The van der Waals surface area contributed by atoms with E-state index >= 15 is 0 Å². The highest BCUT2D eigenvalue weighted by molar-refractivity contribution is 6.64. The van der Waals surface area contributed by atoms with Gasteiger partial charge in [-0.1, -0.05) is 6.92 Å². The maximum Gasteiger partial charge on any atom is 0.224 e. The van der Waals surface area contributed by atoms with Gasteiger partial charge in [-0.3, -0.25) is 4.79 Å². The molecule has 0 unspecified atom stereocenters. The Hall–Kier alpha value is 0.250. The van der Waals surface area contributed by atoms with Crippen LogP contribution in [0.3, 0.4) is 0 Å². The molecular formula is C8H12Cl2O. The standard InChI is InChI=1S/C8H12Cl2O/c1-5-4-6(9)2-3-7(5)8(10)11/h5-7H,2-4H2,1H3/t5-,6+,7-/m1/s1. The summed E-state index contributed by atoms with van der Waals surface area (Å²) in [5.41, 5.74) is 0. The van der Waals surface area contributed by atoms with Crippen molar-refractivity contribution in [1.29, 1.82) is 0 Å². The largest absolute Gasteiger partial charge is 0.281 e. The molecule has 1 fully saturated rings. The number of hydrogen-bond donors (Lipinski definition) is 0. The van der Waals surface area contributed by atoms with Crippen LogP contribution in [0.4, 0.5) is 0 Å². The lowest BCUT2D eigenvalue weighted by atomic mass is 9.81. The van der Waals surface area contributed by atoms with E-state index in [1.807, 2.05) is 6.92 Å². The summed E-state index contributed by atoms with van der Waals surface area (Å²) in [5, 5.41) is 0.0540. The van der Waals surface area contributed by atoms with Crippen molar-refractivity contribution in [3.8, 4) is 0 Å². The Labute approximate surface area is 77.1 Å². The molecule has 0 saturated heterocycles. The van der Waals surface area contributed by atoms with E-state index in [9.17, 15) is 4.79 Å². The first-order valence-corrected chi connectivity index (χ1v) is 4.76. The van der Waals surface area contributed by atoms with Crippen LogP contribution < -0.4 is 0 Å². The minimum Gasteiger partial charge on any atom is -0.281 e. The second-order valence-corrected chi connectivity index (χ2v) is 4.29. The van der Waals surface area contributed by atoms with Crippen LogP contribution in [-0.2, 0) is 4.79 Å². The summed E-state index contributed by atoms with van der Waals surface area (Å²) in [4.78, 5) is 10.8. The van der Waals surface area contributed by atoms with Gasteiger partial charge in [-0.15, -0.1) is 11.6 Å². The average Bonchev–Trinajstić information content (AvgIpc) is 1.85. The van der Waals surface area contributed by atoms with Gasteiger partial charge in [0.05, 0.1) is 0 Å². The van der Waals surface area contributed by atoms with Crippen molar-refractivity contribution in [3.05, 3.63) is 0 Å². The first-order valence-electron chi connectivity index (χ1n) is 3.94. The molecule has 1 saturated carbocycles. The molecular weight excluding hydrogens is 183 g/mol. The molecule has 1 aliphatic rings. The Bertz CT molecular complexity index is 158. The highest BCUT2D eigenvalue weighted by Crippen LogP contribution is 2.33. The van der Waals surface area contributed by atoms with Gasteiger partial charge in [0.15, 0.2) is 0 Å². The van der Waals surface area contributed by atoms with Crippen LogP contribution in [0.2, 0.25) is 0 Å². The Kier molecular flexibility index (Phi) is 3.20. The molecule has 0 radical (unpaired) electrons. The third-order valence-electron chi connectivity index (χ3n) is 2.40. The molecule has 11 heavy (non-hydrogen) atoms. The third-order valence-corrected chi connectivity index (χ3v) is 3.07. The number of carbonyl (C=O) groups excluding carboxylic acids is 1. The highest BCUT2D eigenvalue weighted by Gasteiger charge is 2.30. The molecule has 0 spiro atoms. The van der Waals surface area contributed by atoms with Gasteiger partial charge in [0, 0.05) is 11.3 Å². The lowest BCUT2D eigenvalue weighted by molar-refractivity contribution is -0.117. The van der Waals surface area contributed by atoms with Crippen molar-refractivity contribution >= 4 is 28.4 Å². The van der Waals surface area contributed by atoms with Gasteiger partial charge in [-0.25, -0.2) is 0 Å². The zero-order valence-electron chi connectivity index (χ0n) is 6.52. The average molecular weight is 195 g/mol. The van der Waals surface area contributed by atoms with E-state index in [0.717, 1.165) is 19.3 Å². The smallest absolute Gasteiger partial charge is 0.224 e. The lowest BCUT2D eigenvalue weighted by Gasteiger charge is -2.28. The van der Waals surface area contributed by atoms with Crippen molar-refractivity contribution in [3.63, 3.8) is 0 Å². The van der Waals surface area contributed by atoms with Crippen LogP contribution in [0.1, 0.15) is 26.2 Å². The van der Waals surface area contributed by atoms with Crippen LogP contribution in [-0.4, -0.2) is 10.6 Å². The van der Waals surface area contributed by atoms with Gasteiger partial charge >= 0.3 is 0 Å². The summed E-state index contributed by atoms with van der Waals surface area (Å²) < 4.78 is 0. The van der Waals surface area contributed by atoms with Gasteiger partial charge in [0.1, 0.15) is 0 Å². The zero-order chi connectivity index (χ0) is 8.43. The summed E-state index contributed by atoms with van der Waals surface area (Å²) >= 11 is 11.3. The molecule has 0 aliphatic heterocycles. The van der Waals surface area contributed by atoms with E-state index in [2.05, 4.69) is 0 Å². The van der Waals surface area contributed by atoms with E-state index in [1.54, 1.807) is 0 Å². The van der Waals surface area contributed by atoms with Gasteiger partial charge in [0.25, 0.3) is 0 Å². The van der Waals surface area contributed by atoms with Crippen LogP contribution in [0.15, 0.2) is 0 Å². The molecule has 0 bridgehead atoms. The second-order valence-electron chi connectivity index (χ2n) is 3.30. The van der Waals surface area contributed by atoms with Crippen LogP contribution in [0, 0.1) is 11.8 Å². The fourth-order valence-corrected chi connectivity index (χ4v) is 2.40. The minimum atomic E-state index is -0.193. The molecule has 0 heterocycles. The topological polar surface area (TPSA) is 17.1 Å². The Morgan fingerprint density at radius 2 is 2.09 bits per heavy atom. The number of carbonyl (C=O) groups is 1. The highest BCUT2D eigenvalue weighted by atomic mass is 35.5. The first kappa shape index (κ1) is 9.34. The van der Waals surface area contributed by atoms with Gasteiger partial charge < -0.3 is 0 Å². The fraction of sp³-hybridized carbons (Fsp3) is 0.875. The number of halogens is 2. The van der Waals surface area contributed by atoms with Crippen LogP contribution >= 0.6 is 23.2 Å². The maximum atomic E-state index is 10.8. The molecule has 0 amide bonds. The SMILES string of the molecule is C[C@@H]1C[C@@H](Cl)CC[C@H]1C(=O)Cl. The molecule has 0 aromatic rings. The van der Waals surface area contributed by atoms with E-state index in [-0.39, 0.29) is 16.5 Å². The Balaban J connectivity index is 2.50. The van der Waals surface area contributed by atoms with Gasteiger partial charge in [-0.05, 0) is 36.8 Å². The lowest BCUT2D eigenvalue weighted by Crippen LogP contribution is -2.26. The zero-order valence-corrected chi connectivity index (χ0v) is 8.03. The normalized spacial score (nSPS) is 38.6. The van der Waals surface area contributed by atoms with E-state index in [1.165, 1.54) is 0 Å². The summed E-state index contributed by atoms with van der Waals surface area (Å²) in [6, 6.07) is 0. The third kappa shape index (κ3) is 2.34. The molecule has 1 nitrogen and oxygen atoms in total. The van der Waals surface area contributed by atoms with E-state index in [0.29, 0.717) is 5.92 Å². The summed E-state index contributed by atoms with van der Waals surface area (Å²) in [6.45, 7) is 2.04.